The smallest absolute Gasteiger partial charge is 0.414 e. The molecule has 1 aliphatic carbocycles. The van der Waals surface area contributed by atoms with Gasteiger partial charge >= 0.3 is 12.1 Å². The topological polar surface area (TPSA) is 55.8 Å². The summed E-state index contributed by atoms with van der Waals surface area (Å²) in [5.41, 5.74) is 0.679. The molecule has 23 heavy (non-hydrogen) atoms. The molecule has 0 N–H and O–H groups in total. The lowest BCUT2D eigenvalue weighted by Crippen LogP contribution is -2.50. The maximum Gasteiger partial charge on any atom is 0.414 e. The van der Waals surface area contributed by atoms with E-state index in [4.69, 9.17) is 9.47 Å². The van der Waals surface area contributed by atoms with E-state index in [0.717, 1.165) is 32.4 Å². The molecule has 0 aromatic rings. The Bertz CT molecular complexity index is 471. The van der Waals surface area contributed by atoms with Gasteiger partial charge in [0.2, 0.25) is 0 Å². The fraction of sp³-hybridized carbons (Fsp3) is 0.667. The molecule has 2 fully saturated rings. The molecule has 2 aliphatic rings. The molecule has 5 nitrogen and oxygen atoms in total. The van der Waals surface area contributed by atoms with E-state index >= 15 is 0 Å². The molecule has 1 saturated carbocycles. The first-order valence-corrected chi connectivity index (χ1v) is 8.47. The van der Waals surface area contributed by atoms with Gasteiger partial charge in [0.1, 0.15) is 0 Å². The van der Waals surface area contributed by atoms with Crippen LogP contribution in [0.1, 0.15) is 39.5 Å². The molecule has 1 saturated heterocycles. The Morgan fingerprint density at radius 2 is 1.91 bits per heavy atom. The van der Waals surface area contributed by atoms with Crippen LogP contribution >= 0.6 is 0 Å². The Morgan fingerprint density at radius 3 is 2.48 bits per heavy atom. The van der Waals surface area contributed by atoms with Gasteiger partial charge in [-0.1, -0.05) is 19.1 Å². The quantitative estimate of drug-likeness (QED) is 0.442. The largest absolute Gasteiger partial charge is 0.463 e. The lowest BCUT2D eigenvalue weighted by molar-refractivity contribution is -0.138. The molecular weight excluding hydrogens is 294 g/mol. The van der Waals surface area contributed by atoms with Gasteiger partial charge in [0.25, 0.3) is 0 Å². The van der Waals surface area contributed by atoms with Crippen LogP contribution in [0.15, 0.2) is 24.5 Å². The average Bonchev–Trinajstić information content (AvgIpc) is 2.52. The van der Waals surface area contributed by atoms with E-state index in [9.17, 15) is 9.59 Å². The van der Waals surface area contributed by atoms with Crippen molar-refractivity contribution in [1.29, 1.82) is 0 Å². The first kappa shape index (κ1) is 17.6. The highest BCUT2D eigenvalue weighted by Crippen LogP contribution is 2.42. The van der Waals surface area contributed by atoms with Crippen molar-refractivity contribution in [3.63, 3.8) is 0 Å². The number of fused-ring (bicyclic) bond motifs is 2. The third-order valence-electron chi connectivity index (χ3n) is 5.01. The Kier molecular flexibility index (Phi) is 6.25. The van der Waals surface area contributed by atoms with Gasteiger partial charge < -0.3 is 14.4 Å². The van der Waals surface area contributed by atoms with Crippen LogP contribution in [0, 0.1) is 17.8 Å². The number of carbonyl (C=O) groups is 2. The van der Waals surface area contributed by atoms with Crippen molar-refractivity contribution in [3.8, 4) is 0 Å². The number of amides is 1. The summed E-state index contributed by atoms with van der Waals surface area (Å²) in [5.74, 6) is 1.25. The van der Waals surface area contributed by atoms with Crippen LogP contribution in [-0.4, -0.2) is 36.7 Å². The molecule has 1 heterocycles. The molecule has 2 unspecified atom stereocenters. The fourth-order valence-corrected chi connectivity index (χ4v) is 3.87. The van der Waals surface area contributed by atoms with Gasteiger partial charge in [-0.25, -0.2) is 9.59 Å². The summed E-state index contributed by atoms with van der Waals surface area (Å²) >= 11 is 0. The number of ether oxygens (including phenoxy) is 2. The van der Waals surface area contributed by atoms with Crippen LogP contribution in [0.5, 0.6) is 0 Å². The van der Waals surface area contributed by atoms with Crippen molar-refractivity contribution >= 4 is 12.1 Å². The summed E-state index contributed by atoms with van der Waals surface area (Å²) in [4.78, 5) is 25.4. The Labute approximate surface area is 138 Å². The van der Waals surface area contributed by atoms with Crippen LogP contribution in [0.3, 0.4) is 0 Å². The normalized spacial score (nSPS) is 27.3. The van der Waals surface area contributed by atoms with Crippen molar-refractivity contribution in [2.45, 2.75) is 39.5 Å². The van der Waals surface area contributed by atoms with Crippen LogP contribution in [0.25, 0.3) is 0 Å². The Balaban J connectivity index is 1.99. The second-order valence-corrected chi connectivity index (χ2v) is 6.41. The predicted octanol–water partition coefficient (Wildman–Crippen LogP) is 3.51. The second-order valence-electron chi connectivity index (χ2n) is 6.41. The van der Waals surface area contributed by atoms with Crippen LogP contribution in [0.2, 0.25) is 0 Å². The number of hydrogen-bond acceptors (Lipinski definition) is 4. The number of esters is 1. The van der Waals surface area contributed by atoms with E-state index in [-0.39, 0.29) is 12.1 Å². The van der Waals surface area contributed by atoms with E-state index in [2.05, 4.69) is 6.58 Å². The zero-order valence-corrected chi connectivity index (χ0v) is 14.1. The van der Waals surface area contributed by atoms with Gasteiger partial charge in [0.15, 0.2) is 0 Å². The molecule has 1 aliphatic heterocycles. The second kappa shape index (κ2) is 8.18. The van der Waals surface area contributed by atoms with Crippen molar-refractivity contribution < 1.29 is 19.1 Å². The molecule has 2 rings (SSSR count). The summed E-state index contributed by atoms with van der Waals surface area (Å²) in [5, 5.41) is 0. The minimum absolute atomic E-state index is 0.232. The predicted molar refractivity (Wildman–Crippen MR) is 87.6 cm³/mol. The number of allylic oxidation sites excluding steroid dienone is 1. The minimum atomic E-state index is -0.298. The first-order valence-electron chi connectivity index (χ1n) is 8.47. The SMILES string of the molecule is C=COC(=O)N1CC2CCCC(C1)C2C/C=C(/C)C(=O)OCC. The number of rotatable bonds is 5. The van der Waals surface area contributed by atoms with Crippen molar-refractivity contribution in [2.24, 2.45) is 17.8 Å². The van der Waals surface area contributed by atoms with Crippen LogP contribution in [-0.2, 0) is 14.3 Å². The van der Waals surface area contributed by atoms with Gasteiger partial charge in [0.05, 0.1) is 12.9 Å². The van der Waals surface area contributed by atoms with Crippen molar-refractivity contribution in [3.05, 3.63) is 24.5 Å². The zero-order chi connectivity index (χ0) is 16.8. The minimum Gasteiger partial charge on any atom is -0.463 e. The Morgan fingerprint density at radius 1 is 1.26 bits per heavy atom. The van der Waals surface area contributed by atoms with E-state index in [1.165, 1.54) is 12.7 Å². The van der Waals surface area contributed by atoms with Crippen LogP contribution < -0.4 is 0 Å². The van der Waals surface area contributed by atoms with E-state index in [1.54, 1.807) is 4.90 Å². The first-order chi connectivity index (χ1) is 11.1. The van der Waals surface area contributed by atoms with Gasteiger partial charge in [0, 0.05) is 18.7 Å². The maximum atomic E-state index is 11.9. The molecule has 0 spiro atoms. The lowest BCUT2D eigenvalue weighted by atomic mass is 9.67. The number of carbonyl (C=O) groups excluding carboxylic acids is 2. The highest BCUT2D eigenvalue weighted by atomic mass is 16.5. The number of likely N-dealkylation sites (tertiary alicyclic amines) is 1. The van der Waals surface area contributed by atoms with Gasteiger partial charge in [-0.2, -0.15) is 0 Å². The molecule has 128 valence electrons. The fourth-order valence-electron chi connectivity index (χ4n) is 3.87. The van der Waals surface area contributed by atoms with Crippen molar-refractivity contribution in [2.75, 3.05) is 19.7 Å². The maximum absolute atomic E-state index is 11.9. The number of nitrogens with zero attached hydrogens (tertiary/aromatic N) is 1. The van der Waals surface area contributed by atoms with E-state index in [0.29, 0.717) is 29.9 Å². The summed E-state index contributed by atoms with van der Waals surface area (Å²) in [6.07, 6.45) is 7.26. The van der Waals surface area contributed by atoms with Crippen LogP contribution in [0.4, 0.5) is 4.79 Å². The Hall–Kier alpha value is -1.78. The molecule has 0 radical (unpaired) electrons. The van der Waals surface area contributed by atoms with Crippen molar-refractivity contribution in [1.82, 2.24) is 4.90 Å². The molecule has 0 aromatic heterocycles. The molecule has 2 bridgehead atoms. The highest BCUT2D eigenvalue weighted by molar-refractivity contribution is 5.87. The average molecular weight is 321 g/mol. The molecule has 2 atom stereocenters. The van der Waals surface area contributed by atoms with E-state index in [1.807, 2.05) is 19.9 Å². The zero-order valence-electron chi connectivity index (χ0n) is 14.1. The van der Waals surface area contributed by atoms with Gasteiger partial charge in [-0.3, -0.25) is 0 Å². The molecule has 1 amide bonds. The summed E-state index contributed by atoms with van der Waals surface area (Å²) in [6.45, 7) is 8.94. The van der Waals surface area contributed by atoms with Gasteiger partial charge in [-0.15, -0.1) is 0 Å². The highest BCUT2D eigenvalue weighted by Gasteiger charge is 2.40. The monoisotopic (exact) mass is 321 g/mol. The molecular formula is C18H27NO4. The lowest BCUT2D eigenvalue weighted by Gasteiger charge is -2.46. The standard InChI is InChI=1S/C18H27NO4/c1-4-22-17(20)13(3)9-10-16-14-7-6-8-15(16)12-19(11-14)18(21)23-5-2/h5,9,14-16H,2,4,6-8,10-12H2,1,3H3/b13-9-. The summed E-state index contributed by atoms with van der Waals surface area (Å²) in [6, 6.07) is 0. The molecule has 0 aromatic carbocycles. The van der Waals surface area contributed by atoms with Gasteiger partial charge in [-0.05, 0) is 50.9 Å². The third kappa shape index (κ3) is 4.36. The third-order valence-corrected chi connectivity index (χ3v) is 5.01. The molecule has 5 heteroatoms. The number of hydrogen-bond donors (Lipinski definition) is 0. The number of piperidine rings is 1. The summed E-state index contributed by atoms with van der Waals surface area (Å²) < 4.78 is 9.94. The van der Waals surface area contributed by atoms with E-state index < -0.39 is 0 Å². The summed E-state index contributed by atoms with van der Waals surface area (Å²) in [7, 11) is 0.